The van der Waals surface area contributed by atoms with Crippen LogP contribution in [0.2, 0.25) is 0 Å². The third-order valence-corrected chi connectivity index (χ3v) is 2.65. The van der Waals surface area contributed by atoms with E-state index in [4.69, 9.17) is 4.74 Å². The Kier molecular flexibility index (Phi) is 12.0. The number of nitrogens with one attached hydrogen (secondary N) is 1. The van der Waals surface area contributed by atoms with Gasteiger partial charge in [0, 0.05) is 18.7 Å². The van der Waals surface area contributed by atoms with Gasteiger partial charge in [-0.2, -0.15) is 0 Å². The Balaban J connectivity index is 4.17. The predicted molar refractivity (Wildman–Crippen MR) is 84.9 cm³/mol. The quantitative estimate of drug-likeness (QED) is 0.455. The zero-order valence-corrected chi connectivity index (χ0v) is 12.9. The van der Waals surface area contributed by atoms with Gasteiger partial charge in [-0.25, -0.2) is 0 Å². The molecule has 0 aromatic carbocycles. The van der Waals surface area contributed by atoms with Crippen LogP contribution in [0.4, 0.5) is 0 Å². The molecule has 1 N–H and O–H groups in total. The standard InChI is InChI=1S/C17H29NO/c1-5-8-13-16(18-7-3)14-10-9-11-15-17(19-4)12-6-2/h5,8-9,11,13,15,18H,6-7,10,12,14H2,1-4H3/b8-5-,11-9?,16-13-,17-15+. The predicted octanol–water partition coefficient (Wildman–Crippen LogP) is 4.72. The lowest BCUT2D eigenvalue weighted by molar-refractivity contribution is 0.276. The Bertz CT molecular complexity index is 324. The third kappa shape index (κ3) is 10.2. The van der Waals surface area contributed by atoms with Crippen molar-refractivity contribution < 1.29 is 4.74 Å². The molecule has 0 rings (SSSR count). The summed E-state index contributed by atoms with van der Waals surface area (Å²) in [6.45, 7) is 7.28. The van der Waals surface area contributed by atoms with Gasteiger partial charge in [0.1, 0.15) is 0 Å². The van der Waals surface area contributed by atoms with Gasteiger partial charge in [-0.3, -0.25) is 0 Å². The number of hydrogen-bond donors (Lipinski definition) is 1. The second kappa shape index (κ2) is 13.0. The fourth-order valence-corrected chi connectivity index (χ4v) is 1.68. The van der Waals surface area contributed by atoms with Gasteiger partial charge in [-0.15, -0.1) is 0 Å². The molecule has 0 saturated carbocycles. The van der Waals surface area contributed by atoms with E-state index in [0.717, 1.165) is 38.0 Å². The van der Waals surface area contributed by atoms with E-state index in [1.54, 1.807) is 7.11 Å². The first-order chi connectivity index (χ1) is 9.28. The molecule has 0 bridgehead atoms. The molecule has 0 saturated heterocycles. The molecule has 0 aliphatic heterocycles. The van der Waals surface area contributed by atoms with Crippen molar-refractivity contribution in [2.75, 3.05) is 13.7 Å². The SMILES string of the molecule is C/C=C\C=C(\CCC=C/C=C(\CCC)OC)NCC. The lowest BCUT2D eigenvalue weighted by Gasteiger charge is -2.06. The number of rotatable bonds is 10. The first-order valence-corrected chi connectivity index (χ1v) is 7.23. The van der Waals surface area contributed by atoms with E-state index in [2.05, 4.69) is 49.5 Å². The fourth-order valence-electron chi connectivity index (χ4n) is 1.68. The van der Waals surface area contributed by atoms with E-state index in [1.165, 1.54) is 5.70 Å². The van der Waals surface area contributed by atoms with Crippen molar-refractivity contribution in [3.8, 4) is 0 Å². The Morgan fingerprint density at radius 2 is 1.89 bits per heavy atom. The molecule has 0 atom stereocenters. The second-order valence-electron chi connectivity index (χ2n) is 4.30. The average molecular weight is 263 g/mol. The molecule has 2 heteroatoms. The molecule has 108 valence electrons. The lowest BCUT2D eigenvalue weighted by atomic mass is 10.2. The van der Waals surface area contributed by atoms with Gasteiger partial charge in [0.15, 0.2) is 0 Å². The van der Waals surface area contributed by atoms with Gasteiger partial charge >= 0.3 is 0 Å². The van der Waals surface area contributed by atoms with Crippen LogP contribution in [0.25, 0.3) is 0 Å². The van der Waals surface area contributed by atoms with E-state index >= 15 is 0 Å². The van der Waals surface area contributed by atoms with Crippen molar-refractivity contribution in [2.24, 2.45) is 0 Å². The van der Waals surface area contributed by atoms with Crippen molar-refractivity contribution in [2.45, 2.75) is 46.5 Å². The molecule has 0 aliphatic carbocycles. The van der Waals surface area contributed by atoms with Gasteiger partial charge in [-0.1, -0.05) is 31.2 Å². The van der Waals surface area contributed by atoms with Crippen molar-refractivity contribution in [1.82, 2.24) is 5.32 Å². The molecule has 19 heavy (non-hydrogen) atoms. The zero-order valence-electron chi connectivity index (χ0n) is 12.9. The lowest BCUT2D eigenvalue weighted by Crippen LogP contribution is -2.11. The highest BCUT2D eigenvalue weighted by atomic mass is 16.5. The fraction of sp³-hybridized carbons (Fsp3) is 0.529. The van der Waals surface area contributed by atoms with Crippen LogP contribution < -0.4 is 5.32 Å². The first kappa shape index (κ1) is 17.6. The molecule has 0 fully saturated rings. The van der Waals surface area contributed by atoms with Crippen molar-refractivity contribution >= 4 is 0 Å². The number of ether oxygens (including phenoxy) is 1. The summed E-state index contributed by atoms with van der Waals surface area (Å²) in [4.78, 5) is 0. The number of hydrogen-bond acceptors (Lipinski definition) is 2. The second-order valence-corrected chi connectivity index (χ2v) is 4.30. The molecule has 0 aromatic heterocycles. The van der Waals surface area contributed by atoms with Crippen LogP contribution in [0.15, 0.2) is 47.9 Å². The summed E-state index contributed by atoms with van der Waals surface area (Å²) in [5.41, 5.74) is 1.29. The Morgan fingerprint density at radius 3 is 2.47 bits per heavy atom. The van der Waals surface area contributed by atoms with E-state index in [0.29, 0.717) is 0 Å². The molecular formula is C17H29NO. The van der Waals surface area contributed by atoms with E-state index in [-0.39, 0.29) is 0 Å². The van der Waals surface area contributed by atoms with Crippen LogP contribution in [0, 0.1) is 0 Å². The largest absolute Gasteiger partial charge is 0.501 e. The summed E-state index contributed by atoms with van der Waals surface area (Å²) in [5.74, 6) is 1.05. The monoisotopic (exact) mass is 263 g/mol. The summed E-state index contributed by atoms with van der Waals surface area (Å²) >= 11 is 0. The average Bonchev–Trinajstić information content (AvgIpc) is 2.43. The van der Waals surface area contributed by atoms with Crippen LogP contribution in [-0.2, 0) is 4.74 Å². The highest BCUT2D eigenvalue weighted by molar-refractivity contribution is 5.12. The maximum atomic E-state index is 5.29. The van der Waals surface area contributed by atoms with Crippen molar-refractivity contribution in [1.29, 1.82) is 0 Å². The molecule has 0 radical (unpaired) electrons. The van der Waals surface area contributed by atoms with Gasteiger partial charge in [-0.05, 0) is 45.3 Å². The highest BCUT2D eigenvalue weighted by Gasteiger charge is 1.93. The molecule has 0 unspecified atom stereocenters. The maximum absolute atomic E-state index is 5.29. The summed E-state index contributed by atoms with van der Waals surface area (Å²) in [5, 5.41) is 3.38. The summed E-state index contributed by atoms with van der Waals surface area (Å²) in [6.07, 6.45) is 16.8. The molecule has 0 aliphatic rings. The van der Waals surface area contributed by atoms with Crippen LogP contribution in [0.5, 0.6) is 0 Å². The van der Waals surface area contributed by atoms with E-state index in [1.807, 2.05) is 13.0 Å². The van der Waals surface area contributed by atoms with E-state index in [9.17, 15) is 0 Å². The molecule has 0 aromatic rings. The normalized spacial score (nSPS) is 13.5. The smallest absolute Gasteiger partial charge is 0.0955 e. The van der Waals surface area contributed by atoms with Crippen LogP contribution in [-0.4, -0.2) is 13.7 Å². The summed E-state index contributed by atoms with van der Waals surface area (Å²) in [7, 11) is 1.73. The molecular weight excluding hydrogens is 234 g/mol. The number of methoxy groups -OCH3 is 1. The minimum Gasteiger partial charge on any atom is -0.501 e. The first-order valence-electron chi connectivity index (χ1n) is 7.23. The Labute approximate surface area is 118 Å². The molecule has 0 heterocycles. The Morgan fingerprint density at radius 1 is 1.11 bits per heavy atom. The molecule has 0 spiro atoms. The third-order valence-electron chi connectivity index (χ3n) is 2.65. The van der Waals surface area contributed by atoms with Crippen LogP contribution >= 0.6 is 0 Å². The Hall–Kier alpha value is -1.44. The summed E-state index contributed by atoms with van der Waals surface area (Å²) < 4.78 is 5.29. The molecule has 2 nitrogen and oxygen atoms in total. The van der Waals surface area contributed by atoms with Gasteiger partial charge in [0.2, 0.25) is 0 Å². The number of allylic oxidation sites excluding steroid dienone is 8. The highest BCUT2D eigenvalue weighted by Crippen LogP contribution is 2.07. The van der Waals surface area contributed by atoms with Crippen molar-refractivity contribution in [3.05, 3.63) is 47.9 Å². The van der Waals surface area contributed by atoms with Gasteiger partial charge in [0.05, 0.1) is 12.9 Å². The maximum Gasteiger partial charge on any atom is 0.0955 e. The minimum atomic E-state index is 0.970. The van der Waals surface area contributed by atoms with E-state index < -0.39 is 0 Å². The van der Waals surface area contributed by atoms with Crippen LogP contribution in [0.3, 0.4) is 0 Å². The van der Waals surface area contributed by atoms with Crippen molar-refractivity contribution in [3.63, 3.8) is 0 Å². The van der Waals surface area contributed by atoms with Gasteiger partial charge < -0.3 is 10.1 Å². The van der Waals surface area contributed by atoms with Crippen LogP contribution in [0.1, 0.15) is 46.5 Å². The topological polar surface area (TPSA) is 21.3 Å². The minimum absolute atomic E-state index is 0.970. The summed E-state index contributed by atoms with van der Waals surface area (Å²) in [6, 6.07) is 0. The zero-order chi connectivity index (χ0) is 14.3. The van der Waals surface area contributed by atoms with Gasteiger partial charge in [0.25, 0.3) is 0 Å². The molecule has 0 amide bonds.